The molecule has 1 atom stereocenters. The lowest BCUT2D eigenvalue weighted by Crippen LogP contribution is -2.45. The lowest BCUT2D eigenvalue weighted by molar-refractivity contribution is -0.150. The number of hydrogen-bond donors (Lipinski definition) is 0. The van der Waals surface area contributed by atoms with E-state index in [-0.39, 0.29) is 12.3 Å². The molecule has 1 amide bonds. The van der Waals surface area contributed by atoms with Gasteiger partial charge in [-0.1, -0.05) is 6.92 Å². The first-order chi connectivity index (χ1) is 11.4. The van der Waals surface area contributed by atoms with E-state index < -0.39 is 12.1 Å². The fourth-order valence-corrected chi connectivity index (χ4v) is 3.18. The van der Waals surface area contributed by atoms with Crippen LogP contribution in [-0.4, -0.2) is 64.0 Å². The second-order valence-corrected chi connectivity index (χ2v) is 6.38. The maximum Gasteiger partial charge on any atom is 0.303 e. The monoisotopic (exact) mass is 336 g/mol. The molecule has 0 saturated carbocycles. The van der Waals surface area contributed by atoms with E-state index in [0.29, 0.717) is 11.9 Å². The molecule has 2 heterocycles. The highest BCUT2D eigenvalue weighted by atomic mass is 16.5. The Labute approximate surface area is 143 Å². The van der Waals surface area contributed by atoms with E-state index >= 15 is 0 Å². The Bertz CT molecular complexity index is 564. The average molecular weight is 336 g/mol. The van der Waals surface area contributed by atoms with Crippen LogP contribution in [0.1, 0.15) is 45.0 Å². The van der Waals surface area contributed by atoms with Crippen molar-refractivity contribution in [1.29, 1.82) is 0 Å². The van der Waals surface area contributed by atoms with Crippen molar-refractivity contribution in [2.24, 2.45) is 7.05 Å². The molecule has 1 aromatic heterocycles. The summed E-state index contributed by atoms with van der Waals surface area (Å²) in [5, 5.41) is 0. The molecule has 134 valence electrons. The van der Waals surface area contributed by atoms with Crippen molar-refractivity contribution >= 4 is 11.9 Å². The summed E-state index contributed by atoms with van der Waals surface area (Å²) in [4.78, 5) is 32.4. The van der Waals surface area contributed by atoms with Gasteiger partial charge in [0.15, 0.2) is 6.10 Å². The quantitative estimate of drug-likeness (QED) is 0.734. The SMILES string of the molecule is CCN(C)C1CCN(C(=O)C[C@@H](OC(C)=O)c2nccn2C)CC1. The van der Waals surface area contributed by atoms with Gasteiger partial charge in [0.05, 0.1) is 6.42 Å². The van der Waals surface area contributed by atoms with Crippen molar-refractivity contribution in [3.05, 3.63) is 18.2 Å². The first-order valence-electron chi connectivity index (χ1n) is 8.54. The number of nitrogens with zero attached hydrogens (tertiary/aromatic N) is 4. The molecule has 0 spiro atoms. The Hall–Kier alpha value is -1.89. The number of rotatable bonds is 6. The van der Waals surface area contributed by atoms with E-state index in [0.717, 1.165) is 32.5 Å². The molecule has 0 aromatic carbocycles. The van der Waals surface area contributed by atoms with Gasteiger partial charge >= 0.3 is 5.97 Å². The van der Waals surface area contributed by atoms with Crippen molar-refractivity contribution in [3.8, 4) is 0 Å². The second-order valence-electron chi connectivity index (χ2n) is 6.38. The molecule has 0 unspecified atom stereocenters. The van der Waals surface area contributed by atoms with Crippen LogP contribution in [0.15, 0.2) is 12.4 Å². The first kappa shape index (κ1) is 18.4. The molecular formula is C17H28N4O3. The van der Waals surface area contributed by atoms with E-state index in [2.05, 4.69) is 23.9 Å². The number of aryl methyl sites for hydroxylation is 1. The minimum atomic E-state index is -0.633. The van der Waals surface area contributed by atoms with E-state index in [4.69, 9.17) is 4.74 Å². The maximum absolute atomic E-state index is 12.6. The summed E-state index contributed by atoms with van der Waals surface area (Å²) < 4.78 is 7.12. The summed E-state index contributed by atoms with van der Waals surface area (Å²) in [5.74, 6) is 0.208. The molecule has 1 fully saturated rings. The molecule has 0 bridgehead atoms. The van der Waals surface area contributed by atoms with Crippen LogP contribution in [0.2, 0.25) is 0 Å². The highest BCUT2D eigenvalue weighted by molar-refractivity contribution is 5.77. The minimum Gasteiger partial charge on any atom is -0.454 e. The summed E-state index contributed by atoms with van der Waals surface area (Å²) in [6, 6.07) is 0.540. The highest BCUT2D eigenvalue weighted by Crippen LogP contribution is 2.23. The summed E-state index contributed by atoms with van der Waals surface area (Å²) >= 11 is 0. The Kier molecular flexibility index (Phi) is 6.36. The number of carbonyl (C=O) groups is 2. The number of aromatic nitrogens is 2. The largest absolute Gasteiger partial charge is 0.454 e. The molecule has 24 heavy (non-hydrogen) atoms. The van der Waals surface area contributed by atoms with Crippen molar-refractivity contribution in [2.45, 2.75) is 45.3 Å². The predicted molar refractivity (Wildman–Crippen MR) is 90.2 cm³/mol. The Morgan fingerprint density at radius 2 is 2.08 bits per heavy atom. The van der Waals surface area contributed by atoms with Crippen LogP contribution in [0.5, 0.6) is 0 Å². The number of likely N-dealkylation sites (tertiary alicyclic amines) is 1. The number of imidazole rings is 1. The number of carbonyl (C=O) groups excluding carboxylic acids is 2. The minimum absolute atomic E-state index is 0.0156. The summed E-state index contributed by atoms with van der Waals surface area (Å²) in [6.07, 6.45) is 4.89. The third kappa shape index (κ3) is 4.56. The van der Waals surface area contributed by atoms with Gasteiger partial charge in [0.25, 0.3) is 0 Å². The van der Waals surface area contributed by atoms with Crippen LogP contribution in [0.25, 0.3) is 0 Å². The van der Waals surface area contributed by atoms with E-state index in [9.17, 15) is 9.59 Å². The van der Waals surface area contributed by atoms with Gasteiger partial charge in [-0.3, -0.25) is 9.59 Å². The molecule has 1 saturated heterocycles. The van der Waals surface area contributed by atoms with Crippen LogP contribution in [0, 0.1) is 0 Å². The van der Waals surface area contributed by atoms with Crippen molar-refractivity contribution < 1.29 is 14.3 Å². The standard InChI is InChI=1S/C17H28N4O3/c1-5-19(3)14-6-9-21(10-7-14)16(23)12-15(24-13(2)22)17-18-8-11-20(17)4/h8,11,14-15H,5-7,9-10,12H2,1-4H3/t15-/m1/s1. The number of amides is 1. The van der Waals surface area contributed by atoms with Crippen LogP contribution in [0.4, 0.5) is 0 Å². The van der Waals surface area contributed by atoms with Gasteiger partial charge in [-0.15, -0.1) is 0 Å². The van der Waals surface area contributed by atoms with Gasteiger partial charge < -0.3 is 19.1 Å². The Morgan fingerprint density at radius 3 is 2.58 bits per heavy atom. The summed E-state index contributed by atoms with van der Waals surface area (Å²) in [6.45, 7) is 6.02. The fraction of sp³-hybridized carbons (Fsp3) is 0.706. The molecule has 0 N–H and O–H groups in total. The normalized spacial score (nSPS) is 17.1. The first-order valence-corrected chi connectivity index (χ1v) is 8.54. The summed E-state index contributed by atoms with van der Waals surface area (Å²) in [7, 11) is 3.95. The van der Waals surface area contributed by atoms with Gasteiger partial charge in [0.2, 0.25) is 5.91 Å². The zero-order valence-corrected chi connectivity index (χ0v) is 15.1. The zero-order chi connectivity index (χ0) is 17.7. The Balaban J connectivity index is 1.96. The van der Waals surface area contributed by atoms with Gasteiger partial charge in [-0.05, 0) is 26.4 Å². The zero-order valence-electron chi connectivity index (χ0n) is 15.1. The molecule has 0 aliphatic carbocycles. The molecule has 0 radical (unpaired) electrons. The molecular weight excluding hydrogens is 308 g/mol. The molecule has 1 aliphatic heterocycles. The smallest absolute Gasteiger partial charge is 0.303 e. The molecule has 1 aromatic rings. The molecule has 7 heteroatoms. The van der Waals surface area contributed by atoms with Crippen LogP contribution < -0.4 is 0 Å². The third-order valence-electron chi connectivity index (χ3n) is 4.75. The molecule has 2 rings (SSSR count). The summed E-state index contributed by atoms with van der Waals surface area (Å²) in [5.41, 5.74) is 0. The number of ether oxygens (including phenoxy) is 1. The second kappa shape index (κ2) is 8.28. The van der Waals surface area contributed by atoms with Gasteiger partial charge in [0.1, 0.15) is 5.82 Å². The number of esters is 1. The maximum atomic E-state index is 12.6. The van der Waals surface area contributed by atoms with E-state index in [1.807, 2.05) is 11.9 Å². The lowest BCUT2D eigenvalue weighted by Gasteiger charge is -2.36. The van der Waals surface area contributed by atoms with E-state index in [1.165, 1.54) is 6.92 Å². The van der Waals surface area contributed by atoms with Crippen LogP contribution in [-0.2, 0) is 21.4 Å². The molecule has 7 nitrogen and oxygen atoms in total. The molecule has 1 aliphatic rings. The third-order valence-corrected chi connectivity index (χ3v) is 4.75. The van der Waals surface area contributed by atoms with Gasteiger partial charge in [-0.25, -0.2) is 4.98 Å². The fourth-order valence-electron chi connectivity index (χ4n) is 3.18. The van der Waals surface area contributed by atoms with Crippen molar-refractivity contribution in [3.63, 3.8) is 0 Å². The lowest BCUT2D eigenvalue weighted by atomic mass is 10.0. The number of piperidine rings is 1. The van der Waals surface area contributed by atoms with Crippen LogP contribution >= 0.6 is 0 Å². The number of hydrogen-bond acceptors (Lipinski definition) is 5. The van der Waals surface area contributed by atoms with Crippen molar-refractivity contribution in [1.82, 2.24) is 19.4 Å². The topological polar surface area (TPSA) is 67.7 Å². The van der Waals surface area contributed by atoms with Gasteiger partial charge in [0, 0.05) is 45.5 Å². The average Bonchev–Trinajstić information content (AvgIpc) is 2.99. The van der Waals surface area contributed by atoms with Crippen molar-refractivity contribution in [2.75, 3.05) is 26.7 Å². The Morgan fingerprint density at radius 1 is 1.42 bits per heavy atom. The highest BCUT2D eigenvalue weighted by Gasteiger charge is 2.29. The van der Waals surface area contributed by atoms with E-state index in [1.54, 1.807) is 17.0 Å². The van der Waals surface area contributed by atoms with Gasteiger partial charge in [-0.2, -0.15) is 0 Å². The predicted octanol–water partition coefficient (Wildman–Crippen LogP) is 1.36. The van der Waals surface area contributed by atoms with Crippen LogP contribution in [0.3, 0.4) is 0 Å².